The van der Waals surface area contributed by atoms with Crippen LogP contribution in [-0.4, -0.2) is 37.4 Å². The third kappa shape index (κ3) is 4.46. The second-order valence-electron chi connectivity index (χ2n) is 5.34. The highest BCUT2D eigenvalue weighted by Crippen LogP contribution is 2.23. The molecule has 1 heterocycles. The van der Waals surface area contributed by atoms with Gasteiger partial charge in [0.25, 0.3) is 0 Å². The molecule has 6 nitrogen and oxygen atoms in total. The van der Waals surface area contributed by atoms with Crippen LogP contribution in [0.1, 0.15) is 0 Å². The van der Waals surface area contributed by atoms with E-state index in [-0.39, 0.29) is 4.90 Å². The standard InChI is InChI=1S/C18H19N3O3S2/c1-24-16-7-5-6-15(14-16)21-12-10-19-18(21)25-13-11-20-26(22,23)17-8-3-2-4-9-17/h2-10,12,14,20H,11,13H2,1H3. The molecule has 0 spiro atoms. The van der Waals surface area contributed by atoms with Gasteiger partial charge in [0.15, 0.2) is 5.16 Å². The molecule has 136 valence electrons. The summed E-state index contributed by atoms with van der Waals surface area (Å²) in [5.74, 6) is 1.33. The van der Waals surface area contributed by atoms with Gasteiger partial charge in [-0.25, -0.2) is 18.1 Å². The fourth-order valence-electron chi connectivity index (χ4n) is 2.35. The first kappa shape index (κ1) is 18.5. The summed E-state index contributed by atoms with van der Waals surface area (Å²) < 4.78 is 34.2. The third-order valence-corrected chi connectivity index (χ3v) is 6.06. The summed E-state index contributed by atoms with van der Waals surface area (Å²) in [6, 6.07) is 16.0. The van der Waals surface area contributed by atoms with Crippen molar-refractivity contribution in [1.29, 1.82) is 0 Å². The first-order chi connectivity index (χ1) is 12.6. The minimum Gasteiger partial charge on any atom is -0.497 e. The lowest BCUT2D eigenvalue weighted by atomic mass is 10.3. The highest BCUT2D eigenvalue weighted by molar-refractivity contribution is 7.99. The molecule has 2 aromatic carbocycles. The van der Waals surface area contributed by atoms with Gasteiger partial charge in [-0.2, -0.15) is 0 Å². The molecule has 0 amide bonds. The minimum atomic E-state index is -3.48. The number of nitrogens with zero attached hydrogens (tertiary/aromatic N) is 2. The fourth-order valence-corrected chi connectivity index (χ4v) is 4.36. The first-order valence-electron chi connectivity index (χ1n) is 7.95. The lowest BCUT2D eigenvalue weighted by Gasteiger charge is -2.09. The second kappa shape index (κ2) is 8.39. The quantitative estimate of drug-likeness (QED) is 0.474. The largest absolute Gasteiger partial charge is 0.497 e. The van der Waals surface area contributed by atoms with Gasteiger partial charge in [0.05, 0.1) is 17.7 Å². The van der Waals surface area contributed by atoms with Crippen LogP contribution in [0.5, 0.6) is 5.75 Å². The molecule has 0 bridgehead atoms. The second-order valence-corrected chi connectivity index (χ2v) is 8.17. The van der Waals surface area contributed by atoms with Crippen LogP contribution in [0.4, 0.5) is 0 Å². The van der Waals surface area contributed by atoms with Crippen LogP contribution in [0.2, 0.25) is 0 Å². The van der Waals surface area contributed by atoms with Crippen molar-refractivity contribution in [1.82, 2.24) is 14.3 Å². The number of ether oxygens (including phenoxy) is 1. The molecule has 0 aliphatic heterocycles. The van der Waals surface area contributed by atoms with E-state index in [2.05, 4.69) is 9.71 Å². The lowest BCUT2D eigenvalue weighted by Crippen LogP contribution is -2.26. The Balaban J connectivity index is 1.60. The predicted octanol–water partition coefficient (Wildman–Crippen LogP) is 2.95. The normalized spacial score (nSPS) is 11.4. The van der Waals surface area contributed by atoms with Gasteiger partial charge in [0.1, 0.15) is 5.75 Å². The average Bonchev–Trinajstić information content (AvgIpc) is 3.14. The SMILES string of the molecule is COc1cccc(-n2ccnc2SCCNS(=O)(=O)c2ccccc2)c1. The van der Waals surface area contributed by atoms with Crippen molar-refractivity contribution in [2.24, 2.45) is 0 Å². The summed E-state index contributed by atoms with van der Waals surface area (Å²) in [6.07, 6.45) is 3.58. The van der Waals surface area contributed by atoms with Crippen LogP contribution in [0.25, 0.3) is 5.69 Å². The van der Waals surface area contributed by atoms with Gasteiger partial charge in [0.2, 0.25) is 10.0 Å². The van der Waals surface area contributed by atoms with Crippen molar-refractivity contribution < 1.29 is 13.2 Å². The summed E-state index contributed by atoms with van der Waals surface area (Å²) in [6.45, 7) is 0.312. The van der Waals surface area contributed by atoms with Crippen molar-refractivity contribution in [3.63, 3.8) is 0 Å². The maximum Gasteiger partial charge on any atom is 0.240 e. The number of imidazole rings is 1. The maximum atomic E-state index is 12.2. The molecule has 8 heteroatoms. The summed E-state index contributed by atoms with van der Waals surface area (Å²) in [5.41, 5.74) is 0.939. The van der Waals surface area contributed by atoms with Crippen molar-refractivity contribution in [3.05, 3.63) is 67.0 Å². The molecule has 0 aliphatic rings. The Kier molecular flexibility index (Phi) is 5.97. The summed E-state index contributed by atoms with van der Waals surface area (Å²) in [5, 5.41) is 0.789. The van der Waals surface area contributed by atoms with Gasteiger partial charge in [-0.05, 0) is 24.3 Å². The maximum absolute atomic E-state index is 12.2. The Labute approximate surface area is 157 Å². The fraction of sp³-hybridized carbons (Fsp3) is 0.167. The molecule has 3 rings (SSSR count). The molecule has 1 aromatic heterocycles. The van der Waals surface area contributed by atoms with E-state index in [4.69, 9.17) is 4.74 Å². The van der Waals surface area contributed by atoms with E-state index < -0.39 is 10.0 Å². The first-order valence-corrected chi connectivity index (χ1v) is 10.4. The number of hydrogen-bond acceptors (Lipinski definition) is 5. The van der Waals surface area contributed by atoms with Crippen LogP contribution < -0.4 is 9.46 Å². The highest BCUT2D eigenvalue weighted by atomic mass is 32.2. The molecule has 0 saturated carbocycles. The number of sulfonamides is 1. The Morgan fingerprint density at radius 2 is 1.96 bits per heavy atom. The number of nitrogens with one attached hydrogen (secondary N) is 1. The molecule has 0 radical (unpaired) electrons. The zero-order valence-corrected chi connectivity index (χ0v) is 15.8. The van der Waals surface area contributed by atoms with Crippen LogP contribution in [0, 0.1) is 0 Å². The lowest BCUT2D eigenvalue weighted by molar-refractivity contribution is 0.414. The van der Waals surface area contributed by atoms with E-state index in [0.717, 1.165) is 16.6 Å². The molecular weight excluding hydrogens is 370 g/mol. The van der Waals surface area contributed by atoms with E-state index in [0.29, 0.717) is 12.3 Å². The molecular formula is C18H19N3O3S2. The average molecular weight is 390 g/mol. The van der Waals surface area contributed by atoms with Gasteiger partial charge in [0, 0.05) is 30.8 Å². The Morgan fingerprint density at radius 1 is 1.15 bits per heavy atom. The van der Waals surface area contributed by atoms with Gasteiger partial charge in [-0.3, -0.25) is 4.57 Å². The number of aromatic nitrogens is 2. The smallest absolute Gasteiger partial charge is 0.240 e. The topological polar surface area (TPSA) is 73.2 Å². The van der Waals surface area contributed by atoms with E-state index in [9.17, 15) is 8.42 Å². The Hall–Kier alpha value is -2.29. The molecule has 26 heavy (non-hydrogen) atoms. The minimum absolute atomic E-state index is 0.267. The van der Waals surface area contributed by atoms with Crippen molar-refractivity contribution in [2.75, 3.05) is 19.4 Å². The monoisotopic (exact) mass is 389 g/mol. The van der Waals surface area contributed by atoms with E-state index in [1.54, 1.807) is 43.6 Å². The van der Waals surface area contributed by atoms with E-state index in [1.165, 1.54) is 11.8 Å². The molecule has 0 atom stereocenters. The van der Waals surface area contributed by atoms with Crippen LogP contribution >= 0.6 is 11.8 Å². The molecule has 0 fully saturated rings. The van der Waals surface area contributed by atoms with E-state index >= 15 is 0 Å². The van der Waals surface area contributed by atoms with E-state index in [1.807, 2.05) is 35.0 Å². The number of thioether (sulfide) groups is 1. The van der Waals surface area contributed by atoms with Crippen molar-refractivity contribution in [3.8, 4) is 11.4 Å². The predicted molar refractivity (Wildman–Crippen MR) is 102 cm³/mol. The number of hydrogen-bond donors (Lipinski definition) is 1. The van der Waals surface area contributed by atoms with Crippen molar-refractivity contribution >= 4 is 21.8 Å². The summed E-state index contributed by atoms with van der Waals surface area (Å²) in [4.78, 5) is 4.61. The third-order valence-electron chi connectivity index (χ3n) is 3.62. The van der Waals surface area contributed by atoms with Gasteiger partial charge >= 0.3 is 0 Å². The van der Waals surface area contributed by atoms with Crippen LogP contribution in [0.15, 0.2) is 77.0 Å². The molecule has 0 saturated heterocycles. The van der Waals surface area contributed by atoms with Gasteiger partial charge in [-0.15, -0.1) is 0 Å². The van der Waals surface area contributed by atoms with Crippen LogP contribution in [-0.2, 0) is 10.0 Å². The molecule has 0 aliphatic carbocycles. The highest BCUT2D eigenvalue weighted by Gasteiger charge is 2.13. The molecule has 1 N–H and O–H groups in total. The Morgan fingerprint density at radius 3 is 2.73 bits per heavy atom. The number of rotatable bonds is 8. The van der Waals surface area contributed by atoms with Crippen molar-refractivity contribution in [2.45, 2.75) is 10.1 Å². The van der Waals surface area contributed by atoms with Crippen LogP contribution in [0.3, 0.4) is 0 Å². The number of benzene rings is 2. The van der Waals surface area contributed by atoms with Gasteiger partial charge in [-0.1, -0.05) is 36.0 Å². The molecule has 0 unspecified atom stereocenters. The van der Waals surface area contributed by atoms with Gasteiger partial charge < -0.3 is 4.74 Å². The zero-order chi connectivity index (χ0) is 18.4. The zero-order valence-electron chi connectivity index (χ0n) is 14.2. The molecule has 3 aromatic rings. The summed E-state index contributed by atoms with van der Waals surface area (Å²) in [7, 11) is -1.85. The number of methoxy groups -OCH3 is 1. The summed E-state index contributed by atoms with van der Waals surface area (Å²) >= 11 is 1.48. The Bertz CT molecular complexity index is 957.